The number of amides is 2. The van der Waals surface area contributed by atoms with Crippen LogP contribution in [0.3, 0.4) is 0 Å². The van der Waals surface area contributed by atoms with Crippen LogP contribution in [0.4, 0.5) is 14.9 Å². The molecule has 54 heavy (non-hydrogen) atoms. The third-order valence-corrected chi connectivity index (χ3v) is 12.5. The molecule has 2 N–H and O–H groups in total. The molecule has 3 aliphatic rings. The van der Waals surface area contributed by atoms with Crippen molar-refractivity contribution in [1.29, 1.82) is 0 Å². The van der Waals surface area contributed by atoms with Crippen molar-refractivity contribution in [1.82, 2.24) is 14.8 Å². The number of carbonyl (C=O) groups is 4. The standard InChI is InChI=1S/C36H50FN4O12P/c1-6-29(54(48,50-7-2)51-8-3)38-28(42)12-9-13-30(43)52-21(4)53-36(47)40-16-10-11-22-18-39(20-27(22)40)32-26(37)17-24-31(34(32)49-5)41(23-14-15-23)19-25(33(24)44)35(45)46/h17,19,21-23,27,29H,6-16,18,20H2,1-5H3,(H,38,42)(H,45,46)/t21?,22-,27+,29?/m0/s1. The van der Waals surface area contributed by atoms with Crippen LogP contribution >= 0.6 is 7.60 Å². The van der Waals surface area contributed by atoms with Gasteiger partial charge in [0.05, 0.1) is 37.3 Å². The molecule has 1 aliphatic carbocycles. The topological polar surface area (TPSA) is 192 Å². The lowest BCUT2D eigenvalue weighted by Gasteiger charge is -2.36. The number of carboxylic acid groups (broad SMARTS) is 1. The van der Waals surface area contributed by atoms with E-state index in [4.69, 9.17) is 23.3 Å². The van der Waals surface area contributed by atoms with Crippen molar-refractivity contribution in [2.45, 2.75) is 103 Å². The summed E-state index contributed by atoms with van der Waals surface area (Å²) in [4.78, 5) is 66.9. The number of likely N-dealkylation sites (tertiary alicyclic amines) is 1. The highest BCUT2D eigenvalue weighted by Crippen LogP contribution is 2.53. The molecule has 2 aliphatic heterocycles. The van der Waals surface area contributed by atoms with Gasteiger partial charge < -0.3 is 48.0 Å². The molecule has 2 unspecified atom stereocenters. The molecule has 0 bridgehead atoms. The molecule has 3 heterocycles. The van der Waals surface area contributed by atoms with Crippen LogP contribution in [-0.4, -0.2) is 96.6 Å². The minimum absolute atomic E-state index is 0.0431. The molecule has 16 nitrogen and oxygen atoms in total. The molecule has 298 valence electrons. The fourth-order valence-electron chi connectivity index (χ4n) is 7.42. The van der Waals surface area contributed by atoms with Crippen LogP contribution in [0.2, 0.25) is 0 Å². The summed E-state index contributed by atoms with van der Waals surface area (Å²) >= 11 is 0. The average Bonchev–Trinajstić information content (AvgIpc) is 3.87. The summed E-state index contributed by atoms with van der Waals surface area (Å²) < 4.78 is 58.0. The number of pyridine rings is 1. The molecule has 2 saturated heterocycles. The zero-order valence-electron chi connectivity index (χ0n) is 31.3. The number of ether oxygens (including phenoxy) is 3. The maximum Gasteiger partial charge on any atom is 0.413 e. The molecule has 18 heteroatoms. The smallest absolute Gasteiger partial charge is 0.413 e. The first-order valence-corrected chi connectivity index (χ1v) is 20.2. The summed E-state index contributed by atoms with van der Waals surface area (Å²) in [5, 5.41) is 12.2. The minimum Gasteiger partial charge on any atom is -0.492 e. The highest BCUT2D eigenvalue weighted by Gasteiger charge is 2.44. The highest BCUT2D eigenvalue weighted by molar-refractivity contribution is 7.54. The van der Waals surface area contributed by atoms with Crippen LogP contribution in [0.15, 0.2) is 17.1 Å². The zero-order valence-corrected chi connectivity index (χ0v) is 32.2. The number of methoxy groups -OCH3 is 1. The first-order chi connectivity index (χ1) is 25.8. The Kier molecular flexibility index (Phi) is 13.3. The van der Waals surface area contributed by atoms with Crippen LogP contribution in [-0.2, 0) is 32.7 Å². The zero-order chi connectivity index (χ0) is 39.3. The summed E-state index contributed by atoms with van der Waals surface area (Å²) in [5.41, 5.74) is -0.782. The van der Waals surface area contributed by atoms with Gasteiger partial charge in [-0.15, -0.1) is 0 Å². The normalized spacial score (nSPS) is 19.6. The third-order valence-electron chi connectivity index (χ3n) is 9.97. The largest absolute Gasteiger partial charge is 0.492 e. The van der Waals surface area contributed by atoms with E-state index in [1.54, 1.807) is 35.1 Å². The Hall–Kier alpha value is -4.21. The van der Waals surface area contributed by atoms with Crippen LogP contribution in [0, 0.1) is 11.7 Å². The summed E-state index contributed by atoms with van der Waals surface area (Å²) in [7, 11) is -2.18. The van der Waals surface area contributed by atoms with Crippen LogP contribution < -0.4 is 20.4 Å². The van der Waals surface area contributed by atoms with Crippen LogP contribution in [0.1, 0.15) is 95.5 Å². The fourth-order valence-corrected chi connectivity index (χ4v) is 9.33. The number of anilines is 1. The number of piperidine rings is 1. The quantitative estimate of drug-likeness (QED) is 0.118. The van der Waals surface area contributed by atoms with E-state index in [2.05, 4.69) is 5.32 Å². The van der Waals surface area contributed by atoms with Gasteiger partial charge in [0, 0.05) is 51.6 Å². The molecular formula is C36H50FN4O12P. The van der Waals surface area contributed by atoms with Gasteiger partial charge in [-0.1, -0.05) is 6.92 Å². The van der Waals surface area contributed by atoms with Crippen molar-refractivity contribution < 1.29 is 56.5 Å². The molecule has 4 atom stereocenters. The van der Waals surface area contributed by atoms with Crippen molar-refractivity contribution in [2.24, 2.45) is 5.92 Å². The Morgan fingerprint density at radius 1 is 1.06 bits per heavy atom. The van der Waals surface area contributed by atoms with E-state index in [0.29, 0.717) is 31.4 Å². The monoisotopic (exact) mass is 780 g/mol. The molecule has 2 aromatic rings. The first-order valence-electron chi connectivity index (χ1n) is 18.5. The van der Waals surface area contributed by atoms with Gasteiger partial charge in [-0.2, -0.15) is 0 Å². The lowest BCUT2D eigenvalue weighted by molar-refractivity contribution is -0.166. The van der Waals surface area contributed by atoms with Crippen molar-refractivity contribution in [3.05, 3.63) is 33.9 Å². The number of carboxylic acids is 1. The number of nitrogens with zero attached hydrogens (tertiary/aromatic N) is 3. The van der Waals surface area contributed by atoms with Crippen molar-refractivity contribution in [3.8, 4) is 5.75 Å². The second kappa shape index (κ2) is 17.5. The predicted octanol–water partition coefficient (Wildman–Crippen LogP) is 5.40. The third kappa shape index (κ3) is 8.84. The van der Waals surface area contributed by atoms with Gasteiger partial charge in [-0.25, -0.2) is 14.0 Å². The number of aromatic nitrogens is 1. The number of halogens is 1. The van der Waals surface area contributed by atoms with E-state index in [0.717, 1.165) is 25.3 Å². The van der Waals surface area contributed by atoms with Crippen molar-refractivity contribution in [2.75, 3.05) is 44.9 Å². The van der Waals surface area contributed by atoms with Crippen LogP contribution in [0.25, 0.3) is 10.9 Å². The van der Waals surface area contributed by atoms with E-state index in [1.807, 2.05) is 0 Å². The lowest BCUT2D eigenvalue weighted by atomic mass is 9.92. The van der Waals surface area contributed by atoms with Gasteiger partial charge in [-0.3, -0.25) is 18.9 Å². The molecule has 1 saturated carbocycles. The van der Waals surface area contributed by atoms with E-state index >= 15 is 4.39 Å². The maximum atomic E-state index is 16.0. The lowest BCUT2D eigenvalue weighted by Crippen LogP contribution is -2.49. The number of esters is 1. The molecule has 0 spiro atoms. The maximum absolute atomic E-state index is 16.0. The summed E-state index contributed by atoms with van der Waals surface area (Å²) in [5.74, 6) is -3.98. The summed E-state index contributed by atoms with van der Waals surface area (Å²) in [6, 6.07) is 0.662. The molecule has 1 aromatic heterocycles. The van der Waals surface area contributed by atoms with E-state index in [1.165, 1.54) is 20.2 Å². The predicted molar refractivity (Wildman–Crippen MR) is 194 cm³/mol. The molecule has 5 rings (SSSR count). The van der Waals surface area contributed by atoms with Crippen LogP contribution in [0.5, 0.6) is 5.75 Å². The second-order valence-electron chi connectivity index (χ2n) is 13.7. The molecular weight excluding hydrogens is 730 g/mol. The van der Waals surface area contributed by atoms with Gasteiger partial charge in [0.1, 0.15) is 17.0 Å². The SMILES string of the molecule is CCOP(=O)(OCC)C(CC)NC(=O)CCCC(=O)OC(C)OC(=O)N1CCC[C@H]2CN(c3c(F)cc4c(=O)c(C(=O)O)cn(C5CC5)c4c3OC)C[C@H]21. The van der Waals surface area contributed by atoms with E-state index in [9.17, 15) is 33.6 Å². The number of benzene rings is 1. The van der Waals surface area contributed by atoms with Gasteiger partial charge in [0.15, 0.2) is 11.6 Å². The average molecular weight is 781 g/mol. The van der Waals surface area contributed by atoms with Crippen molar-refractivity contribution in [3.63, 3.8) is 0 Å². The fraction of sp³-hybridized carbons (Fsp3) is 0.639. The van der Waals surface area contributed by atoms with Gasteiger partial charge in [-0.05, 0) is 64.4 Å². The molecule has 3 fully saturated rings. The van der Waals surface area contributed by atoms with Gasteiger partial charge in [0.25, 0.3) is 0 Å². The summed E-state index contributed by atoms with van der Waals surface area (Å²) in [6.07, 6.45) is 2.64. The summed E-state index contributed by atoms with van der Waals surface area (Å²) in [6.45, 7) is 7.83. The Bertz CT molecular complexity index is 1840. The highest BCUT2D eigenvalue weighted by atomic mass is 31.2. The molecule has 2 amide bonds. The Morgan fingerprint density at radius 3 is 2.37 bits per heavy atom. The number of rotatable bonds is 17. The Morgan fingerprint density at radius 2 is 1.76 bits per heavy atom. The second-order valence-corrected chi connectivity index (χ2v) is 15.9. The van der Waals surface area contributed by atoms with E-state index in [-0.39, 0.29) is 73.8 Å². The number of nitrogens with one attached hydrogen (secondary N) is 1. The van der Waals surface area contributed by atoms with Gasteiger partial charge in [0.2, 0.25) is 17.6 Å². The molecule has 0 radical (unpaired) electrons. The number of hydrogen-bond donors (Lipinski definition) is 2. The number of fused-ring (bicyclic) bond motifs is 2. The Balaban J connectivity index is 1.20. The number of carbonyl (C=O) groups excluding carboxylic acids is 3. The Labute approximate surface area is 312 Å². The first kappa shape index (κ1) is 41.0. The minimum atomic E-state index is -3.56. The number of hydrogen-bond acceptors (Lipinski definition) is 12. The van der Waals surface area contributed by atoms with Crippen molar-refractivity contribution >= 4 is 48.1 Å². The van der Waals surface area contributed by atoms with E-state index < -0.39 is 60.4 Å². The van der Waals surface area contributed by atoms with Gasteiger partial charge >= 0.3 is 25.6 Å². The number of aromatic carboxylic acids is 1. The molecule has 1 aromatic carbocycles.